The fourth-order valence-electron chi connectivity index (χ4n) is 2.18. The Labute approximate surface area is 127 Å². The highest BCUT2D eigenvalue weighted by molar-refractivity contribution is 9.09. The predicted octanol–water partition coefficient (Wildman–Crippen LogP) is 4.70. The Balaban J connectivity index is 2.05. The Morgan fingerprint density at radius 2 is 2.00 bits per heavy atom. The van der Waals surface area contributed by atoms with Crippen LogP contribution in [0.5, 0.6) is 0 Å². The lowest BCUT2D eigenvalue weighted by molar-refractivity contribution is 0.673. The SMILES string of the molecule is CCc1nn(C)c(CCC(Br)c2ccccc2)c1Cl. The van der Waals surface area contributed by atoms with E-state index >= 15 is 0 Å². The first-order chi connectivity index (χ1) is 9.13. The van der Waals surface area contributed by atoms with E-state index in [0.29, 0.717) is 4.83 Å². The fraction of sp³-hybridized carbons (Fsp3) is 0.400. The molecule has 0 aliphatic carbocycles. The average Bonchev–Trinajstić information content (AvgIpc) is 2.72. The molecule has 1 unspecified atom stereocenters. The van der Waals surface area contributed by atoms with Gasteiger partial charge < -0.3 is 0 Å². The Bertz CT molecular complexity index is 537. The molecule has 2 nitrogen and oxygen atoms in total. The van der Waals surface area contributed by atoms with E-state index in [9.17, 15) is 0 Å². The molecular weight excluding hydrogens is 324 g/mol. The van der Waals surface area contributed by atoms with Gasteiger partial charge in [0.25, 0.3) is 0 Å². The quantitative estimate of drug-likeness (QED) is 0.720. The molecule has 1 aromatic carbocycles. The zero-order valence-electron chi connectivity index (χ0n) is 11.2. The largest absolute Gasteiger partial charge is 0.271 e. The highest BCUT2D eigenvalue weighted by atomic mass is 79.9. The van der Waals surface area contributed by atoms with Gasteiger partial charge in [-0.15, -0.1) is 0 Å². The maximum atomic E-state index is 6.36. The van der Waals surface area contributed by atoms with Crippen molar-refractivity contribution in [3.8, 4) is 0 Å². The average molecular weight is 342 g/mol. The van der Waals surface area contributed by atoms with E-state index in [0.717, 1.165) is 35.7 Å². The van der Waals surface area contributed by atoms with Gasteiger partial charge >= 0.3 is 0 Å². The highest BCUT2D eigenvalue weighted by Crippen LogP contribution is 2.30. The molecule has 0 aliphatic heterocycles. The smallest absolute Gasteiger partial charge is 0.0849 e. The van der Waals surface area contributed by atoms with Crippen LogP contribution >= 0.6 is 27.5 Å². The maximum Gasteiger partial charge on any atom is 0.0849 e. The molecule has 0 saturated carbocycles. The van der Waals surface area contributed by atoms with Gasteiger partial charge in [0.05, 0.1) is 16.4 Å². The second-order valence-corrected chi connectivity index (χ2v) is 6.08. The minimum Gasteiger partial charge on any atom is -0.271 e. The number of aryl methyl sites for hydroxylation is 2. The van der Waals surface area contributed by atoms with E-state index in [-0.39, 0.29) is 0 Å². The van der Waals surface area contributed by atoms with Crippen LogP contribution < -0.4 is 0 Å². The molecule has 0 saturated heterocycles. The summed E-state index contributed by atoms with van der Waals surface area (Å²) in [4.78, 5) is 0.352. The van der Waals surface area contributed by atoms with Gasteiger partial charge in [-0.25, -0.2) is 0 Å². The number of benzene rings is 1. The van der Waals surface area contributed by atoms with Gasteiger partial charge in [-0.1, -0.05) is 64.8 Å². The predicted molar refractivity (Wildman–Crippen MR) is 84.0 cm³/mol. The van der Waals surface area contributed by atoms with E-state index in [1.807, 2.05) is 17.8 Å². The first kappa shape index (κ1) is 14.6. The van der Waals surface area contributed by atoms with E-state index in [1.165, 1.54) is 5.56 Å². The molecule has 0 bridgehead atoms. The molecule has 102 valence electrons. The lowest BCUT2D eigenvalue weighted by Crippen LogP contribution is -2.01. The molecular formula is C15H18BrClN2. The van der Waals surface area contributed by atoms with Gasteiger partial charge in [-0.3, -0.25) is 4.68 Å². The Hall–Kier alpha value is -0.800. The lowest BCUT2D eigenvalue weighted by Gasteiger charge is -2.10. The monoisotopic (exact) mass is 340 g/mol. The van der Waals surface area contributed by atoms with Gasteiger partial charge in [0, 0.05) is 11.9 Å². The van der Waals surface area contributed by atoms with Gasteiger partial charge in [-0.2, -0.15) is 5.10 Å². The minimum absolute atomic E-state index is 0.352. The summed E-state index contributed by atoms with van der Waals surface area (Å²) in [7, 11) is 1.96. The molecule has 19 heavy (non-hydrogen) atoms. The zero-order valence-corrected chi connectivity index (χ0v) is 13.6. The van der Waals surface area contributed by atoms with Crippen LogP contribution in [0.2, 0.25) is 5.02 Å². The van der Waals surface area contributed by atoms with Crippen LogP contribution in [0, 0.1) is 0 Å². The van der Waals surface area contributed by atoms with Crippen LogP contribution in [0.25, 0.3) is 0 Å². The van der Waals surface area contributed by atoms with Gasteiger partial charge in [0.1, 0.15) is 0 Å². The van der Waals surface area contributed by atoms with E-state index in [4.69, 9.17) is 11.6 Å². The molecule has 1 aromatic heterocycles. The van der Waals surface area contributed by atoms with Crippen LogP contribution in [0.1, 0.15) is 35.1 Å². The summed E-state index contributed by atoms with van der Waals surface area (Å²) in [5.74, 6) is 0. The van der Waals surface area contributed by atoms with Crippen molar-refractivity contribution in [2.45, 2.75) is 31.0 Å². The van der Waals surface area contributed by atoms with E-state index < -0.39 is 0 Å². The first-order valence-electron chi connectivity index (χ1n) is 6.52. The van der Waals surface area contributed by atoms with Crippen molar-refractivity contribution in [1.82, 2.24) is 9.78 Å². The third-order valence-electron chi connectivity index (χ3n) is 3.30. The van der Waals surface area contributed by atoms with Crippen molar-refractivity contribution in [1.29, 1.82) is 0 Å². The highest BCUT2D eigenvalue weighted by Gasteiger charge is 2.15. The maximum absolute atomic E-state index is 6.36. The molecule has 2 aromatic rings. The normalized spacial score (nSPS) is 12.6. The van der Waals surface area contributed by atoms with Crippen molar-refractivity contribution in [3.05, 3.63) is 52.3 Å². The van der Waals surface area contributed by atoms with Crippen LogP contribution in [0.3, 0.4) is 0 Å². The Morgan fingerprint density at radius 3 is 2.58 bits per heavy atom. The molecule has 0 fully saturated rings. The minimum atomic E-state index is 0.352. The summed E-state index contributed by atoms with van der Waals surface area (Å²) >= 11 is 10.1. The summed E-state index contributed by atoms with van der Waals surface area (Å²) in [6.07, 6.45) is 2.81. The summed E-state index contributed by atoms with van der Waals surface area (Å²) < 4.78 is 1.91. The number of halogens is 2. The Kier molecular flexibility index (Phi) is 5.06. The number of nitrogens with zero attached hydrogens (tertiary/aromatic N) is 2. The summed E-state index contributed by atoms with van der Waals surface area (Å²) in [5, 5.41) is 5.28. The van der Waals surface area contributed by atoms with E-state index in [2.05, 4.69) is 52.2 Å². The van der Waals surface area contributed by atoms with Gasteiger partial charge in [-0.05, 0) is 24.8 Å². The molecule has 0 radical (unpaired) electrons. The third-order valence-corrected chi connectivity index (χ3v) is 4.72. The number of rotatable bonds is 5. The number of aromatic nitrogens is 2. The van der Waals surface area contributed by atoms with Crippen LogP contribution in [-0.4, -0.2) is 9.78 Å². The van der Waals surface area contributed by atoms with Crippen LogP contribution in [0.15, 0.2) is 30.3 Å². The standard InChI is InChI=1S/C15H18BrClN2/c1-3-13-15(17)14(19(2)18-13)10-9-12(16)11-7-5-4-6-8-11/h4-8,12H,3,9-10H2,1-2H3. The summed E-state index contributed by atoms with van der Waals surface area (Å²) in [6.45, 7) is 2.08. The molecule has 1 heterocycles. The first-order valence-corrected chi connectivity index (χ1v) is 7.82. The third kappa shape index (κ3) is 3.40. The number of alkyl halides is 1. The number of hydrogen-bond acceptors (Lipinski definition) is 1. The van der Waals surface area contributed by atoms with Crippen LogP contribution in [0.4, 0.5) is 0 Å². The van der Waals surface area contributed by atoms with Gasteiger partial charge in [0.15, 0.2) is 0 Å². The van der Waals surface area contributed by atoms with Crippen molar-refractivity contribution in [2.24, 2.45) is 7.05 Å². The van der Waals surface area contributed by atoms with Crippen molar-refractivity contribution in [2.75, 3.05) is 0 Å². The topological polar surface area (TPSA) is 17.8 Å². The van der Waals surface area contributed by atoms with Crippen molar-refractivity contribution in [3.63, 3.8) is 0 Å². The summed E-state index contributed by atoms with van der Waals surface area (Å²) in [5.41, 5.74) is 3.42. The molecule has 0 N–H and O–H groups in total. The molecule has 2 rings (SSSR count). The molecule has 1 atom stereocenters. The van der Waals surface area contributed by atoms with E-state index in [1.54, 1.807) is 0 Å². The molecule has 0 amide bonds. The number of hydrogen-bond donors (Lipinski definition) is 0. The van der Waals surface area contributed by atoms with Crippen LogP contribution in [-0.2, 0) is 19.9 Å². The molecule has 0 spiro atoms. The van der Waals surface area contributed by atoms with Crippen molar-refractivity contribution >= 4 is 27.5 Å². The molecule has 4 heteroatoms. The lowest BCUT2D eigenvalue weighted by atomic mass is 10.1. The fourth-order valence-corrected chi connectivity index (χ4v) is 3.11. The summed E-state index contributed by atoms with van der Waals surface area (Å²) in [6, 6.07) is 10.4. The molecule has 0 aliphatic rings. The Morgan fingerprint density at radius 1 is 1.32 bits per heavy atom. The second kappa shape index (κ2) is 6.58. The second-order valence-electron chi connectivity index (χ2n) is 4.60. The van der Waals surface area contributed by atoms with Gasteiger partial charge in [0.2, 0.25) is 0 Å². The van der Waals surface area contributed by atoms with Crippen molar-refractivity contribution < 1.29 is 0 Å². The zero-order chi connectivity index (χ0) is 13.8.